The average Bonchev–Trinajstić information content (AvgIpc) is 3.12. The largest absolute Gasteiger partial charge is 0.433 e. The summed E-state index contributed by atoms with van der Waals surface area (Å²) in [5.41, 5.74) is 1.60. The van der Waals surface area contributed by atoms with Crippen LogP contribution in [-0.2, 0) is 0 Å². The second kappa shape index (κ2) is 6.53. The molecule has 8 nitrogen and oxygen atoms in total. The summed E-state index contributed by atoms with van der Waals surface area (Å²) in [5, 5.41) is 10.6. The van der Waals surface area contributed by atoms with Crippen molar-refractivity contribution in [2.24, 2.45) is 0 Å². The summed E-state index contributed by atoms with van der Waals surface area (Å²) in [6, 6.07) is 9.75. The molecule has 1 saturated heterocycles. The van der Waals surface area contributed by atoms with Crippen molar-refractivity contribution in [3.05, 3.63) is 57.8 Å². The van der Waals surface area contributed by atoms with Gasteiger partial charge in [-0.15, -0.1) is 0 Å². The fraction of sp³-hybridized carbons (Fsp3) is 0.250. The minimum atomic E-state index is -0.669. The second-order valence-corrected chi connectivity index (χ2v) is 5.38. The lowest BCUT2D eigenvalue weighted by atomic mass is 10.2. The molecule has 24 heavy (non-hydrogen) atoms. The van der Waals surface area contributed by atoms with Gasteiger partial charge in [0.2, 0.25) is 0 Å². The number of carbonyl (C=O) groups is 2. The number of nitro groups is 1. The molecule has 0 radical (unpaired) electrons. The van der Waals surface area contributed by atoms with Crippen LogP contribution in [0.25, 0.3) is 0 Å². The Kier molecular flexibility index (Phi) is 4.28. The molecular formula is C16H15N3O5. The summed E-state index contributed by atoms with van der Waals surface area (Å²) in [5.74, 6) is -0.809. The van der Waals surface area contributed by atoms with Gasteiger partial charge in [0.15, 0.2) is 5.76 Å². The Hall–Kier alpha value is -3.16. The molecule has 124 valence electrons. The molecule has 8 heteroatoms. The van der Waals surface area contributed by atoms with Crippen molar-refractivity contribution < 1.29 is 18.9 Å². The Morgan fingerprint density at radius 2 is 1.75 bits per heavy atom. The molecule has 0 unspecified atom stereocenters. The van der Waals surface area contributed by atoms with E-state index >= 15 is 0 Å². The van der Waals surface area contributed by atoms with Crippen LogP contribution in [0.5, 0.6) is 0 Å². The first-order valence-corrected chi connectivity index (χ1v) is 7.42. The summed E-state index contributed by atoms with van der Waals surface area (Å²) >= 11 is 0. The summed E-state index contributed by atoms with van der Waals surface area (Å²) < 4.78 is 4.96. The zero-order chi connectivity index (χ0) is 17.1. The van der Waals surface area contributed by atoms with Gasteiger partial charge in [-0.1, -0.05) is 0 Å². The van der Waals surface area contributed by atoms with E-state index in [1.165, 1.54) is 12.1 Å². The molecule has 0 spiro atoms. The molecule has 1 aliphatic heterocycles. The van der Waals surface area contributed by atoms with Gasteiger partial charge >= 0.3 is 5.88 Å². The van der Waals surface area contributed by atoms with Gasteiger partial charge in [0.25, 0.3) is 5.91 Å². The van der Waals surface area contributed by atoms with Crippen LogP contribution in [0.15, 0.2) is 40.8 Å². The number of hydrogen-bond donors (Lipinski definition) is 0. The number of rotatable bonds is 4. The molecule has 1 amide bonds. The van der Waals surface area contributed by atoms with E-state index in [2.05, 4.69) is 4.90 Å². The Labute approximate surface area is 137 Å². The number of amides is 1. The van der Waals surface area contributed by atoms with E-state index in [0.29, 0.717) is 31.7 Å². The van der Waals surface area contributed by atoms with Crippen LogP contribution in [0.3, 0.4) is 0 Å². The lowest BCUT2D eigenvalue weighted by Gasteiger charge is -2.35. The highest BCUT2D eigenvalue weighted by Crippen LogP contribution is 2.20. The first-order chi connectivity index (χ1) is 11.6. The topological polar surface area (TPSA) is 96.9 Å². The fourth-order valence-electron chi connectivity index (χ4n) is 2.63. The number of aldehydes is 1. The highest BCUT2D eigenvalue weighted by molar-refractivity contribution is 5.92. The van der Waals surface area contributed by atoms with Crippen molar-refractivity contribution >= 4 is 23.8 Å². The van der Waals surface area contributed by atoms with Crippen LogP contribution in [-0.4, -0.2) is 48.2 Å². The van der Waals surface area contributed by atoms with Crippen molar-refractivity contribution in [2.45, 2.75) is 0 Å². The van der Waals surface area contributed by atoms with Gasteiger partial charge in [0.1, 0.15) is 11.2 Å². The standard InChI is InChI=1S/C16H15N3O5/c20-11-12-1-3-13(4-2-12)17-7-9-18(10-8-17)16(21)14-5-6-15(24-14)19(22)23/h1-6,11H,7-10H2. The molecule has 0 atom stereocenters. The lowest BCUT2D eigenvalue weighted by Crippen LogP contribution is -2.48. The SMILES string of the molecule is O=Cc1ccc(N2CCN(C(=O)c3ccc([N+](=O)[O-])o3)CC2)cc1. The molecular weight excluding hydrogens is 314 g/mol. The van der Waals surface area contributed by atoms with Gasteiger partial charge in [0, 0.05) is 37.4 Å². The molecule has 1 fully saturated rings. The third-order valence-electron chi connectivity index (χ3n) is 3.94. The van der Waals surface area contributed by atoms with Crippen molar-refractivity contribution in [1.82, 2.24) is 4.90 Å². The van der Waals surface area contributed by atoms with E-state index in [0.717, 1.165) is 12.0 Å². The van der Waals surface area contributed by atoms with Gasteiger partial charge in [-0.3, -0.25) is 19.7 Å². The number of carbonyl (C=O) groups excluding carboxylic acids is 2. The number of benzene rings is 1. The van der Waals surface area contributed by atoms with E-state index in [4.69, 9.17) is 4.42 Å². The lowest BCUT2D eigenvalue weighted by molar-refractivity contribution is -0.402. The minimum Gasteiger partial charge on any atom is -0.395 e. The quantitative estimate of drug-likeness (QED) is 0.483. The van der Waals surface area contributed by atoms with E-state index in [1.54, 1.807) is 17.0 Å². The summed E-state index contributed by atoms with van der Waals surface area (Å²) in [6.45, 7) is 2.25. The number of anilines is 1. The van der Waals surface area contributed by atoms with Crippen molar-refractivity contribution in [2.75, 3.05) is 31.1 Å². The van der Waals surface area contributed by atoms with Crippen LogP contribution in [0.1, 0.15) is 20.9 Å². The maximum atomic E-state index is 12.3. The third kappa shape index (κ3) is 3.12. The zero-order valence-electron chi connectivity index (χ0n) is 12.8. The normalized spacial score (nSPS) is 14.5. The maximum absolute atomic E-state index is 12.3. The number of hydrogen-bond acceptors (Lipinski definition) is 6. The Morgan fingerprint density at radius 1 is 1.08 bits per heavy atom. The first-order valence-electron chi connectivity index (χ1n) is 7.42. The Morgan fingerprint density at radius 3 is 2.29 bits per heavy atom. The molecule has 1 aliphatic rings. The van der Waals surface area contributed by atoms with E-state index in [1.807, 2.05) is 12.1 Å². The number of nitrogens with zero attached hydrogens (tertiary/aromatic N) is 3. The highest BCUT2D eigenvalue weighted by atomic mass is 16.6. The summed E-state index contributed by atoms with van der Waals surface area (Å²) in [4.78, 5) is 36.7. The number of furan rings is 1. The van der Waals surface area contributed by atoms with Gasteiger partial charge in [-0.05, 0) is 30.3 Å². The monoisotopic (exact) mass is 329 g/mol. The number of piperazine rings is 1. The van der Waals surface area contributed by atoms with Crippen molar-refractivity contribution in [3.8, 4) is 0 Å². The summed E-state index contributed by atoms with van der Waals surface area (Å²) in [7, 11) is 0. The van der Waals surface area contributed by atoms with E-state index < -0.39 is 10.8 Å². The van der Waals surface area contributed by atoms with E-state index in [9.17, 15) is 19.7 Å². The Bertz CT molecular complexity index is 760. The highest BCUT2D eigenvalue weighted by Gasteiger charge is 2.26. The molecule has 3 rings (SSSR count). The van der Waals surface area contributed by atoms with Gasteiger partial charge < -0.3 is 14.2 Å². The zero-order valence-corrected chi connectivity index (χ0v) is 12.8. The second-order valence-electron chi connectivity index (χ2n) is 5.38. The predicted octanol–water partition coefficient (Wildman–Crippen LogP) is 1.96. The van der Waals surface area contributed by atoms with Crippen molar-refractivity contribution in [1.29, 1.82) is 0 Å². The molecule has 0 N–H and O–H groups in total. The molecule has 0 saturated carbocycles. The fourth-order valence-corrected chi connectivity index (χ4v) is 2.63. The predicted molar refractivity (Wildman–Crippen MR) is 85.3 cm³/mol. The molecule has 2 heterocycles. The molecule has 1 aromatic heterocycles. The Balaban J connectivity index is 1.62. The van der Waals surface area contributed by atoms with Crippen LogP contribution >= 0.6 is 0 Å². The van der Waals surface area contributed by atoms with Gasteiger partial charge in [0.05, 0.1) is 6.07 Å². The van der Waals surface area contributed by atoms with Crippen LogP contribution in [0, 0.1) is 10.1 Å². The van der Waals surface area contributed by atoms with Crippen LogP contribution < -0.4 is 4.90 Å². The van der Waals surface area contributed by atoms with Crippen LogP contribution in [0.2, 0.25) is 0 Å². The minimum absolute atomic E-state index is 0.0227. The van der Waals surface area contributed by atoms with Crippen LogP contribution in [0.4, 0.5) is 11.6 Å². The molecule has 0 aliphatic carbocycles. The molecule has 0 bridgehead atoms. The third-order valence-corrected chi connectivity index (χ3v) is 3.94. The van der Waals surface area contributed by atoms with Gasteiger partial charge in [-0.25, -0.2) is 0 Å². The maximum Gasteiger partial charge on any atom is 0.433 e. The average molecular weight is 329 g/mol. The van der Waals surface area contributed by atoms with E-state index in [-0.39, 0.29) is 11.7 Å². The van der Waals surface area contributed by atoms with Crippen molar-refractivity contribution in [3.63, 3.8) is 0 Å². The smallest absolute Gasteiger partial charge is 0.395 e. The first kappa shape index (κ1) is 15.7. The summed E-state index contributed by atoms with van der Waals surface area (Å²) in [6.07, 6.45) is 0.795. The molecule has 1 aromatic carbocycles. The molecule has 2 aromatic rings. The van der Waals surface area contributed by atoms with Gasteiger partial charge in [-0.2, -0.15) is 0 Å².